The highest BCUT2D eigenvalue weighted by atomic mass is 28.4. The molecule has 0 fully saturated rings. The molecular weight excluding hydrogens is 312 g/mol. The molecule has 2 nitrogen and oxygen atoms in total. The van der Waals surface area contributed by atoms with Crippen LogP contribution in [0.4, 0.5) is 0 Å². The second kappa shape index (κ2) is 7.25. The summed E-state index contributed by atoms with van der Waals surface area (Å²) in [6.45, 7) is 11.0. The normalized spacial score (nSPS) is 12.9. The van der Waals surface area contributed by atoms with E-state index >= 15 is 0 Å². The van der Waals surface area contributed by atoms with E-state index in [0.717, 1.165) is 16.9 Å². The Balaban J connectivity index is 2.27. The van der Waals surface area contributed by atoms with Crippen molar-refractivity contribution in [3.8, 4) is 17.6 Å². The molecule has 126 valence electrons. The molecule has 0 saturated carbocycles. The first-order valence-electron chi connectivity index (χ1n) is 8.23. The second-order valence-corrected chi connectivity index (χ2v) is 12.2. The summed E-state index contributed by atoms with van der Waals surface area (Å²) < 4.78 is 6.38. The lowest BCUT2D eigenvalue weighted by Crippen LogP contribution is -2.44. The van der Waals surface area contributed by atoms with Crippen LogP contribution >= 0.6 is 0 Å². The molecule has 0 aliphatic carbocycles. The standard InChI is InChI=1S/C21H26O2Si/c1-21(2,3)24(4,5)23-20-14-10-9-13-18(20)19(22)16-15-17-11-7-6-8-12-17/h6-14,19,22H,1-5H3. The first-order valence-corrected chi connectivity index (χ1v) is 11.1. The van der Waals surface area contributed by atoms with E-state index in [0.29, 0.717) is 0 Å². The van der Waals surface area contributed by atoms with Crippen molar-refractivity contribution in [1.82, 2.24) is 0 Å². The SMILES string of the molecule is CC(C)(C)[Si](C)(C)Oc1ccccc1C(O)C#Cc1ccccc1. The molecule has 0 aliphatic rings. The maximum absolute atomic E-state index is 10.5. The third-order valence-corrected chi connectivity index (χ3v) is 8.85. The van der Waals surface area contributed by atoms with Gasteiger partial charge in [-0.3, -0.25) is 0 Å². The summed E-state index contributed by atoms with van der Waals surface area (Å²) in [6.07, 6.45) is -0.869. The highest BCUT2D eigenvalue weighted by molar-refractivity contribution is 6.74. The lowest BCUT2D eigenvalue weighted by atomic mass is 10.1. The van der Waals surface area contributed by atoms with Crippen LogP contribution in [-0.2, 0) is 0 Å². The molecule has 24 heavy (non-hydrogen) atoms. The zero-order chi connectivity index (χ0) is 17.8. The molecule has 2 rings (SSSR count). The number of hydrogen-bond acceptors (Lipinski definition) is 2. The van der Waals surface area contributed by atoms with E-state index in [1.165, 1.54) is 0 Å². The Kier molecular flexibility index (Phi) is 5.53. The van der Waals surface area contributed by atoms with Crippen LogP contribution in [0.1, 0.15) is 38.0 Å². The van der Waals surface area contributed by atoms with E-state index in [9.17, 15) is 5.11 Å². The molecule has 0 aromatic heterocycles. The lowest BCUT2D eigenvalue weighted by Gasteiger charge is -2.37. The van der Waals surface area contributed by atoms with Crippen LogP contribution in [0, 0.1) is 11.8 Å². The molecule has 3 heteroatoms. The molecule has 0 bridgehead atoms. The van der Waals surface area contributed by atoms with Gasteiger partial charge in [-0.25, -0.2) is 0 Å². The molecule has 1 atom stereocenters. The van der Waals surface area contributed by atoms with Gasteiger partial charge >= 0.3 is 0 Å². The Morgan fingerprint density at radius 3 is 2.17 bits per heavy atom. The first-order chi connectivity index (χ1) is 11.2. The number of hydrogen-bond donors (Lipinski definition) is 1. The summed E-state index contributed by atoms with van der Waals surface area (Å²) in [5.74, 6) is 6.68. The van der Waals surface area contributed by atoms with Crippen LogP contribution in [0.5, 0.6) is 5.75 Å². The van der Waals surface area contributed by atoms with Gasteiger partial charge in [-0.15, -0.1) is 0 Å². The Labute approximate surface area is 146 Å². The summed E-state index contributed by atoms with van der Waals surface area (Å²) in [5, 5.41) is 10.6. The monoisotopic (exact) mass is 338 g/mol. The molecule has 0 radical (unpaired) electrons. The summed E-state index contributed by atoms with van der Waals surface area (Å²) in [7, 11) is -1.97. The summed E-state index contributed by atoms with van der Waals surface area (Å²) >= 11 is 0. The van der Waals surface area contributed by atoms with Crippen molar-refractivity contribution in [3.05, 3.63) is 65.7 Å². The van der Waals surface area contributed by atoms with Gasteiger partial charge in [0.15, 0.2) is 0 Å². The van der Waals surface area contributed by atoms with Gasteiger partial charge in [0.2, 0.25) is 8.32 Å². The molecule has 0 aliphatic heterocycles. The zero-order valence-electron chi connectivity index (χ0n) is 15.1. The van der Waals surface area contributed by atoms with Crippen molar-refractivity contribution in [2.24, 2.45) is 0 Å². The van der Waals surface area contributed by atoms with Crippen LogP contribution in [0.2, 0.25) is 18.1 Å². The van der Waals surface area contributed by atoms with Crippen molar-refractivity contribution < 1.29 is 9.53 Å². The van der Waals surface area contributed by atoms with Gasteiger partial charge in [-0.1, -0.05) is 69.0 Å². The molecule has 1 N–H and O–H groups in total. The molecule has 0 saturated heterocycles. The fourth-order valence-electron chi connectivity index (χ4n) is 1.98. The van der Waals surface area contributed by atoms with Crippen LogP contribution in [0.15, 0.2) is 54.6 Å². The molecule has 1 unspecified atom stereocenters. The van der Waals surface area contributed by atoms with E-state index in [1.54, 1.807) is 0 Å². The van der Waals surface area contributed by atoms with E-state index in [4.69, 9.17) is 4.43 Å². The van der Waals surface area contributed by atoms with Gasteiger partial charge in [-0.05, 0) is 36.3 Å². The van der Waals surface area contributed by atoms with Crippen molar-refractivity contribution in [2.45, 2.75) is 45.0 Å². The molecule has 2 aromatic carbocycles. The van der Waals surface area contributed by atoms with Crippen molar-refractivity contribution >= 4 is 8.32 Å². The Hall–Kier alpha value is -2.02. The summed E-state index contributed by atoms with van der Waals surface area (Å²) in [4.78, 5) is 0. The molecule has 2 aromatic rings. The van der Waals surface area contributed by atoms with Crippen molar-refractivity contribution in [1.29, 1.82) is 0 Å². The van der Waals surface area contributed by atoms with Gasteiger partial charge in [0.25, 0.3) is 0 Å². The largest absolute Gasteiger partial charge is 0.543 e. The average molecular weight is 339 g/mol. The lowest BCUT2D eigenvalue weighted by molar-refractivity contribution is 0.235. The van der Waals surface area contributed by atoms with Gasteiger partial charge in [0.1, 0.15) is 11.9 Å². The van der Waals surface area contributed by atoms with E-state index in [-0.39, 0.29) is 5.04 Å². The maximum Gasteiger partial charge on any atom is 0.250 e. The van der Waals surface area contributed by atoms with Crippen LogP contribution in [0.3, 0.4) is 0 Å². The predicted molar refractivity (Wildman–Crippen MR) is 103 cm³/mol. The maximum atomic E-state index is 10.5. The summed E-state index contributed by atoms with van der Waals surface area (Å²) in [6, 6.07) is 17.3. The van der Waals surface area contributed by atoms with E-state index in [1.807, 2.05) is 54.6 Å². The van der Waals surface area contributed by atoms with Gasteiger partial charge < -0.3 is 9.53 Å². The Morgan fingerprint density at radius 1 is 0.958 bits per heavy atom. The quantitative estimate of drug-likeness (QED) is 0.619. The molecule has 0 amide bonds. The topological polar surface area (TPSA) is 29.5 Å². The van der Waals surface area contributed by atoms with Crippen LogP contribution in [-0.4, -0.2) is 13.4 Å². The minimum Gasteiger partial charge on any atom is -0.543 e. The van der Waals surface area contributed by atoms with Gasteiger partial charge in [0, 0.05) is 11.1 Å². The predicted octanol–water partition coefficient (Wildman–Crippen LogP) is 5.16. The minimum atomic E-state index is -1.97. The van der Waals surface area contributed by atoms with E-state index in [2.05, 4.69) is 45.7 Å². The smallest absolute Gasteiger partial charge is 0.250 e. The van der Waals surface area contributed by atoms with E-state index < -0.39 is 14.4 Å². The third-order valence-electron chi connectivity index (χ3n) is 4.51. The molecular formula is C21H26O2Si. The Bertz CT molecular complexity index is 734. The van der Waals surface area contributed by atoms with Gasteiger partial charge in [0.05, 0.1) is 0 Å². The number of para-hydroxylation sites is 1. The second-order valence-electron chi connectivity index (χ2n) is 7.44. The van der Waals surface area contributed by atoms with Crippen LogP contribution < -0.4 is 4.43 Å². The van der Waals surface area contributed by atoms with Crippen molar-refractivity contribution in [3.63, 3.8) is 0 Å². The number of rotatable bonds is 3. The number of aliphatic hydroxyl groups is 1. The third kappa shape index (κ3) is 4.50. The highest BCUT2D eigenvalue weighted by Gasteiger charge is 2.39. The molecule has 0 spiro atoms. The first kappa shape index (κ1) is 18.3. The average Bonchev–Trinajstić information content (AvgIpc) is 2.52. The highest BCUT2D eigenvalue weighted by Crippen LogP contribution is 2.39. The number of aliphatic hydroxyl groups excluding tert-OH is 1. The fraction of sp³-hybridized carbons (Fsp3) is 0.333. The zero-order valence-corrected chi connectivity index (χ0v) is 16.1. The summed E-state index contributed by atoms with van der Waals surface area (Å²) in [5.41, 5.74) is 1.62. The molecule has 0 heterocycles. The number of benzene rings is 2. The fourth-order valence-corrected chi connectivity index (χ4v) is 3.02. The minimum absolute atomic E-state index is 0.0980. The van der Waals surface area contributed by atoms with Crippen molar-refractivity contribution in [2.75, 3.05) is 0 Å². The van der Waals surface area contributed by atoms with Crippen LogP contribution in [0.25, 0.3) is 0 Å². The Morgan fingerprint density at radius 2 is 1.54 bits per heavy atom. The van der Waals surface area contributed by atoms with Gasteiger partial charge in [-0.2, -0.15) is 0 Å².